The summed E-state index contributed by atoms with van der Waals surface area (Å²) in [5.74, 6) is 6.57. The molecule has 1 heterocycles. The molecule has 0 aliphatic heterocycles. The third kappa shape index (κ3) is 3.13. The van der Waals surface area contributed by atoms with E-state index < -0.39 is 0 Å². The van der Waals surface area contributed by atoms with Crippen molar-refractivity contribution in [3.05, 3.63) is 51.6 Å². The fourth-order valence-corrected chi connectivity index (χ4v) is 1.94. The molecule has 1 aromatic carbocycles. The molecule has 0 fully saturated rings. The summed E-state index contributed by atoms with van der Waals surface area (Å²) in [5.41, 5.74) is 3.38. The first-order valence-electron chi connectivity index (χ1n) is 5.19. The zero-order chi connectivity index (χ0) is 13.0. The number of hydrogen-bond acceptors (Lipinski definition) is 4. The van der Waals surface area contributed by atoms with Crippen LogP contribution in [0, 0.1) is 0 Å². The number of rotatable bonds is 4. The molecule has 0 spiro atoms. The average molecular weight is 329 g/mol. The molecule has 0 amide bonds. The zero-order valence-corrected chi connectivity index (χ0v) is 11.7. The van der Waals surface area contributed by atoms with Gasteiger partial charge in [-0.1, -0.05) is 33.6 Å². The Bertz CT molecular complexity index is 551. The molecule has 0 aliphatic rings. The zero-order valence-electron chi connectivity index (χ0n) is 9.36. The maximum absolute atomic E-state index is 6.03. The number of nitrogens with two attached hydrogens (primary N) is 1. The van der Waals surface area contributed by atoms with Gasteiger partial charge in [0.05, 0.1) is 5.02 Å². The predicted octanol–water partition coefficient (Wildman–Crippen LogP) is 3.36. The molecule has 3 N–H and O–H groups in total. The van der Waals surface area contributed by atoms with Crippen LogP contribution < -0.4 is 16.0 Å². The number of benzene rings is 1. The molecule has 2 rings (SSSR count). The van der Waals surface area contributed by atoms with E-state index in [1.807, 2.05) is 24.3 Å². The van der Waals surface area contributed by atoms with Crippen LogP contribution in [0.1, 0.15) is 5.56 Å². The van der Waals surface area contributed by atoms with E-state index in [1.165, 1.54) is 0 Å². The molecule has 0 radical (unpaired) electrons. The topological polar surface area (TPSA) is 60.2 Å². The number of aromatic nitrogens is 1. The first kappa shape index (κ1) is 13.1. The molecule has 2 aromatic rings. The van der Waals surface area contributed by atoms with Gasteiger partial charge in [-0.15, -0.1) is 0 Å². The van der Waals surface area contributed by atoms with Crippen LogP contribution >= 0.6 is 27.5 Å². The van der Waals surface area contributed by atoms with Gasteiger partial charge < -0.3 is 10.2 Å². The molecule has 0 unspecified atom stereocenters. The second-order valence-electron chi connectivity index (χ2n) is 3.52. The average Bonchev–Trinajstić information content (AvgIpc) is 2.40. The first-order valence-corrected chi connectivity index (χ1v) is 6.36. The van der Waals surface area contributed by atoms with E-state index in [0.717, 1.165) is 10.0 Å². The smallest absolute Gasteiger partial charge is 0.146 e. The largest absolute Gasteiger partial charge is 0.487 e. The predicted molar refractivity (Wildman–Crippen MR) is 75.5 cm³/mol. The van der Waals surface area contributed by atoms with Crippen molar-refractivity contribution in [2.75, 3.05) is 5.43 Å². The Balaban J connectivity index is 2.14. The van der Waals surface area contributed by atoms with E-state index in [-0.39, 0.29) is 0 Å². The van der Waals surface area contributed by atoms with Crippen LogP contribution in [0.4, 0.5) is 5.82 Å². The minimum absolute atomic E-state index is 0.337. The molecule has 0 aliphatic carbocycles. The van der Waals surface area contributed by atoms with Crippen molar-refractivity contribution < 1.29 is 4.74 Å². The van der Waals surface area contributed by atoms with Crippen LogP contribution in [-0.4, -0.2) is 4.98 Å². The van der Waals surface area contributed by atoms with Crippen LogP contribution in [0.15, 0.2) is 41.0 Å². The van der Waals surface area contributed by atoms with Crippen molar-refractivity contribution in [1.29, 1.82) is 0 Å². The van der Waals surface area contributed by atoms with E-state index in [4.69, 9.17) is 22.2 Å². The summed E-state index contributed by atoms with van der Waals surface area (Å²) in [6.07, 6.45) is 1.66. The van der Waals surface area contributed by atoms with Gasteiger partial charge in [-0.05, 0) is 24.3 Å². The normalized spacial score (nSPS) is 10.2. The number of ether oxygens (including phenoxy) is 1. The van der Waals surface area contributed by atoms with Gasteiger partial charge >= 0.3 is 0 Å². The standard InChI is InChI=1S/C12H11BrClN3O/c13-9-3-4-10(14)11(6-9)18-7-8-2-1-5-16-12(8)17-15/h1-6H,7,15H2,(H,16,17). The van der Waals surface area contributed by atoms with Crippen molar-refractivity contribution >= 4 is 33.3 Å². The number of pyridine rings is 1. The van der Waals surface area contributed by atoms with Gasteiger partial charge in [0.25, 0.3) is 0 Å². The maximum Gasteiger partial charge on any atom is 0.146 e. The van der Waals surface area contributed by atoms with Crippen LogP contribution in [0.3, 0.4) is 0 Å². The summed E-state index contributed by atoms with van der Waals surface area (Å²) < 4.78 is 6.56. The molecule has 0 bridgehead atoms. The lowest BCUT2D eigenvalue weighted by Crippen LogP contribution is -2.12. The summed E-state index contributed by atoms with van der Waals surface area (Å²) in [5, 5.41) is 0.560. The summed E-state index contributed by atoms with van der Waals surface area (Å²) in [6.45, 7) is 0.337. The number of nitrogens with zero attached hydrogens (tertiary/aromatic N) is 1. The Morgan fingerprint density at radius 1 is 1.39 bits per heavy atom. The number of nitrogens with one attached hydrogen (secondary N) is 1. The number of halogens is 2. The molecule has 4 nitrogen and oxygen atoms in total. The quantitative estimate of drug-likeness (QED) is 0.667. The lowest BCUT2D eigenvalue weighted by Gasteiger charge is -2.10. The van der Waals surface area contributed by atoms with Crippen molar-refractivity contribution in [3.63, 3.8) is 0 Å². The van der Waals surface area contributed by atoms with Crippen LogP contribution in [-0.2, 0) is 6.61 Å². The highest BCUT2D eigenvalue weighted by Gasteiger charge is 2.06. The monoisotopic (exact) mass is 327 g/mol. The Hall–Kier alpha value is -1.30. The summed E-state index contributed by atoms with van der Waals surface area (Å²) in [6, 6.07) is 9.14. The number of hydrazine groups is 1. The van der Waals surface area contributed by atoms with E-state index in [2.05, 4.69) is 26.3 Å². The SMILES string of the molecule is NNc1ncccc1COc1cc(Br)ccc1Cl. The Labute approximate surface area is 118 Å². The third-order valence-corrected chi connectivity index (χ3v) is 3.11. The Kier molecular flexibility index (Phi) is 4.41. The highest BCUT2D eigenvalue weighted by Crippen LogP contribution is 2.29. The lowest BCUT2D eigenvalue weighted by molar-refractivity contribution is 0.306. The molecular formula is C12H11BrClN3O. The molecule has 18 heavy (non-hydrogen) atoms. The van der Waals surface area contributed by atoms with Crippen LogP contribution in [0.5, 0.6) is 5.75 Å². The molecule has 1 aromatic heterocycles. The maximum atomic E-state index is 6.03. The minimum Gasteiger partial charge on any atom is -0.487 e. The van der Waals surface area contributed by atoms with Crippen molar-refractivity contribution in [2.45, 2.75) is 6.61 Å². The van der Waals surface area contributed by atoms with Gasteiger partial charge in [0.2, 0.25) is 0 Å². The fourth-order valence-electron chi connectivity index (χ4n) is 1.43. The van der Waals surface area contributed by atoms with E-state index in [1.54, 1.807) is 12.3 Å². The second-order valence-corrected chi connectivity index (χ2v) is 4.84. The first-order chi connectivity index (χ1) is 8.70. The number of nitrogen functional groups attached to an aromatic ring is 1. The highest BCUT2D eigenvalue weighted by molar-refractivity contribution is 9.10. The molecule has 0 saturated carbocycles. The van der Waals surface area contributed by atoms with Gasteiger partial charge in [0, 0.05) is 16.2 Å². The van der Waals surface area contributed by atoms with E-state index >= 15 is 0 Å². The molecule has 94 valence electrons. The van der Waals surface area contributed by atoms with Gasteiger partial charge in [-0.2, -0.15) is 0 Å². The lowest BCUT2D eigenvalue weighted by atomic mass is 10.2. The van der Waals surface area contributed by atoms with Gasteiger partial charge in [-0.3, -0.25) is 0 Å². The van der Waals surface area contributed by atoms with Crippen molar-refractivity contribution in [1.82, 2.24) is 4.98 Å². The number of hydrogen-bond donors (Lipinski definition) is 2. The van der Waals surface area contributed by atoms with Gasteiger partial charge in [0.15, 0.2) is 0 Å². The Morgan fingerprint density at radius 3 is 3.00 bits per heavy atom. The second kappa shape index (κ2) is 6.04. The third-order valence-electron chi connectivity index (χ3n) is 2.30. The van der Waals surface area contributed by atoms with Crippen LogP contribution in [0.2, 0.25) is 5.02 Å². The molecule has 0 saturated heterocycles. The molecule has 0 atom stereocenters. The summed E-state index contributed by atoms with van der Waals surface area (Å²) >= 11 is 9.40. The van der Waals surface area contributed by atoms with Gasteiger partial charge in [-0.25, -0.2) is 10.8 Å². The Morgan fingerprint density at radius 2 is 2.22 bits per heavy atom. The van der Waals surface area contributed by atoms with Crippen molar-refractivity contribution in [2.24, 2.45) is 5.84 Å². The summed E-state index contributed by atoms with van der Waals surface area (Å²) in [4.78, 5) is 4.09. The van der Waals surface area contributed by atoms with Crippen molar-refractivity contribution in [3.8, 4) is 5.75 Å². The molecular weight excluding hydrogens is 318 g/mol. The molecule has 6 heteroatoms. The highest BCUT2D eigenvalue weighted by atomic mass is 79.9. The number of anilines is 1. The minimum atomic E-state index is 0.337. The van der Waals surface area contributed by atoms with Gasteiger partial charge in [0.1, 0.15) is 18.2 Å². The van der Waals surface area contributed by atoms with Crippen LogP contribution in [0.25, 0.3) is 0 Å². The van der Waals surface area contributed by atoms with E-state index in [0.29, 0.717) is 23.2 Å². The summed E-state index contributed by atoms with van der Waals surface area (Å²) in [7, 11) is 0. The fraction of sp³-hybridized carbons (Fsp3) is 0.0833. The van der Waals surface area contributed by atoms with E-state index in [9.17, 15) is 0 Å².